The van der Waals surface area contributed by atoms with Gasteiger partial charge in [0.05, 0.1) is 0 Å². The summed E-state index contributed by atoms with van der Waals surface area (Å²) in [5, 5.41) is 2.02. The van der Waals surface area contributed by atoms with Crippen LogP contribution >= 0.6 is 39.0 Å². The zero-order valence-electron chi connectivity index (χ0n) is 8.36. The van der Waals surface area contributed by atoms with Crippen LogP contribution in [-0.2, 0) is 10.0 Å². The highest BCUT2D eigenvalue weighted by Gasteiger charge is 2.19. The summed E-state index contributed by atoms with van der Waals surface area (Å²) in [6.07, 6.45) is 1.96. The lowest BCUT2D eigenvalue weighted by Crippen LogP contribution is -2.29. The molecular weight excluding hydrogens is 318 g/mol. The zero-order chi connectivity index (χ0) is 11.5. The molecule has 0 amide bonds. The summed E-state index contributed by atoms with van der Waals surface area (Å²) in [7, 11) is -3.34. The van der Waals surface area contributed by atoms with Gasteiger partial charge in [0.25, 0.3) is 10.0 Å². The van der Waals surface area contributed by atoms with Crippen LogP contribution in [0.5, 0.6) is 0 Å². The van der Waals surface area contributed by atoms with Gasteiger partial charge in [-0.1, -0.05) is 6.92 Å². The number of halogens is 1. The number of nitrogens with one attached hydrogen (secondary N) is 1. The lowest BCUT2D eigenvalue weighted by Gasteiger charge is -2.09. The Hall–Kier alpha value is 0.440. The monoisotopic (exact) mass is 329 g/mol. The summed E-state index contributed by atoms with van der Waals surface area (Å²) in [6.45, 7) is 2.44. The van der Waals surface area contributed by atoms with Gasteiger partial charge in [-0.05, 0) is 33.6 Å². The minimum Gasteiger partial charge on any atom is -0.209 e. The lowest BCUT2D eigenvalue weighted by molar-refractivity contribution is 0.583. The molecule has 0 bridgehead atoms. The van der Waals surface area contributed by atoms with E-state index in [0.717, 1.165) is 0 Å². The van der Waals surface area contributed by atoms with Crippen molar-refractivity contribution in [2.24, 2.45) is 0 Å². The van der Waals surface area contributed by atoms with Gasteiger partial charge in [-0.25, -0.2) is 13.1 Å². The number of thioether (sulfide) groups is 1. The first-order valence-corrected chi connectivity index (χ1v) is 8.67. The van der Waals surface area contributed by atoms with E-state index in [4.69, 9.17) is 0 Å². The Morgan fingerprint density at radius 2 is 2.33 bits per heavy atom. The van der Waals surface area contributed by atoms with Crippen molar-refractivity contribution < 1.29 is 8.42 Å². The van der Waals surface area contributed by atoms with Gasteiger partial charge in [0, 0.05) is 16.3 Å². The van der Waals surface area contributed by atoms with Gasteiger partial charge in [-0.3, -0.25) is 0 Å². The van der Waals surface area contributed by atoms with E-state index in [9.17, 15) is 8.42 Å². The van der Waals surface area contributed by atoms with Crippen molar-refractivity contribution in [1.29, 1.82) is 0 Å². The summed E-state index contributed by atoms with van der Waals surface area (Å²) in [5.74, 6) is 0. The predicted octanol–water partition coefficient (Wildman–Crippen LogP) is 2.54. The maximum Gasteiger partial charge on any atom is 0.251 e. The van der Waals surface area contributed by atoms with Crippen LogP contribution in [0.25, 0.3) is 0 Å². The number of rotatable bonds is 5. The fourth-order valence-corrected chi connectivity index (χ4v) is 4.71. The molecule has 0 radical (unpaired) electrons. The number of thiophene rings is 1. The molecule has 1 atom stereocenters. The molecule has 7 heteroatoms. The number of hydrogen-bond acceptors (Lipinski definition) is 4. The van der Waals surface area contributed by atoms with Crippen molar-refractivity contribution in [2.45, 2.75) is 16.4 Å². The van der Waals surface area contributed by atoms with E-state index in [0.29, 0.717) is 15.2 Å². The van der Waals surface area contributed by atoms with E-state index in [1.807, 2.05) is 13.2 Å². The number of hydrogen-bond donors (Lipinski definition) is 1. The van der Waals surface area contributed by atoms with Crippen molar-refractivity contribution in [1.82, 2.24) is 4.72 Å². The molecule has 0 saturated carbocycles. The van der Waals surface area contributed by atoms with Gasteiger partial charge in [-0.15, -0.1) is 11.3 Å². The van der Waals surface area contributed by atoms with Crippen LogP contribution in [0.15, 0.2) is 20.1 Å². The van der Waals surface area contributed by atoms with Crippen LogP contribution in [0, 0.1) is 0 Å². The summed E-state index contributed by atoms with van der Waals surface area (Å²) >= 11 is 6.06. The molecule has 1 heterocycles. The van der Waals surface area contributed by atoms with Crippen molar-refractivity contribution in [3.8, 4) is 0 Å². The van der Waals surface area contributed by atoms with Crippen LogP contribution in [0.2, 0.25) is 0 Å². The van der Waals surface area contributed by atoms with Gasteiger partial charge in [-0.2, -0.15) is 11.8 Å². The van der Waals surface area contributed by atoms with E-state index in [1.54, 1.807) is 23.2 Å². The Morgan fingerprint density at radius 3 is 2.80 bits per heavy atom. The van der Waals surface area contributed by atoms with E-state index < -0.39 is 10.0 Å². The second-order valence-electron chi connectivity index (χ2n) is 2.95. The predicted molar refractivity (Wildman–Crippen MR) is 70.2 cm³/mol. The quantitative estimate of drug-likeness (QED) is 0.902. The van der Waals surface area contributed by atoms with Crippen molar-refractivity contribution >= 4 is 49.1 Å². The highest BCUT2D eigenvalue weighted by Crippen LogP contribution is 2.27. The highest BCUT2D eigenvalue weighted by molar-refractivity contribution is 9.10. The summed E-state index contributed by atoms with van der Waals surface area (Å²) < 4.78 is 27.1. The molecule has 1 aromatic heterocycles. The Morgan fingerprint density at radius 1 is 1.67 bits per heavy atom. The fourth-order valence-electron chi connectivity index (χ4n) is 0.848. The van der Waals surface area contributed by atoms with E-state index in [-0.39, 0.29) is 5.25 Å². The first kappa shape index (κ1) is 13.5. The van der Waals surface area contributed by atoms with E-state index in [2.05, 4.69) is 20.7 Å². The molecular formula is C8H12BrNO2S3. The first-order valence-electron chi connectivity index (χ1n) is 4.23. The molecule has 0 spiro atoms. The zero-order valence-corrected chi connectivity index (χ0v) is 12.4. The molecule has 0 fully saturated rings. The molecule has 86 valence electrons. The van der Waals surface area contributed by atoms with Gasteiger partial charge in [0.15, 0.2) is 0 Å². The van der Waals surface area contributed by atoms with Gasteiger partial charge in [0.1, 0.15) is 4.21 Å². The second kappa shape index (κ2) is 5.67. The SMILES string of the molecule is CSC(C)CNS(=O)(=O)c1sccc1Br. The second-order valence-corrected chi connectivity index (χ2v) is 7.96. The van der Waals surface area contributed by atoms with Crippen LogP contribution in [-0.4, -0.2) is 26.5 Å². The Balaban J connectivity index is 2.73. The van der Waals surface area contributed by atoms with Gasteiger partial charge < -0.3 is 0 Å². The minimum atomic E-state index is -3.34. The molecule has 1 N–H and O–H groups in total. The first-order chi connectivity index (χ1) is 6.97. The fraction of sp³-hybridized carbons (Fsp3) is 0.500. The molecule has 3 nitrogen and oxygen atoms in total. The minimum absolute atomic E-state index is 0.276. The molecule has 1 unspecified atom stereocenters. The van der Waals surface area contributed by atoms with Crippen LogP contribution in [0.4, 0.5) is 0 Å². The molecule has 1 rings (SSSR count). The third kappa shape index (κ3) is 3.74. The van der Waals surface area contributed by atoms with Gasteiger partial charge >= 0.3 is 0 Å². The molecule has 0 saturated heterocycles. The van der Waals surface area contributed by atoms with Crippen molar-refractivity contribution in [3.63, 3.8) is 0 Å². The maximum atomic E-state index is 11.8. The van der Waals surface area contributed by atoms with E-state index >= 15 is 0 Å². The third-order valence-electron chi connectivity index (χ3n) is 1.79. The Bertz CT molecular complexity index is 415. The Kier molecular flexibility index (Phi) is 5.11. The summed E-state index contributed by atoms with van der Waals surface area (Å²) in [6, 6.07) is 1.73. The smallest absolute Gasteiger partial charge is 0.209 e. The van der Waals surface area contributed by atoms with Crippen LogP contribution < -0.4 is 4.72 Å². The number of sulfonamides is 1. The average molecular weight is 330 g/mol. The highest BCUT2D eigenvalue weighted by atomic mass is 79.9. The molecule has 0 aliphatic heterocycles. The van der Waals surface area contributed by atoms with Crippen molar-refractivity contribution in [2.75, 3.05) is 12.8 Å². The third-order valence-corrected chi connectivity index (χ3v) is 6.86. The van der Waals surface area contributed by atoms with E-state index in [1.165, 1.54) is 11.3 Å². The molecule has 0 aromatic carbocycles. The average Bonchev–Trinajstić information content (AvgIpc) is 2.61. The standard InChI is InChI=1S/C8H12BrNO2S3/c1-6(13-2)5-10-15(11,12)8-7(9)3-4-14-8/h3-4,6,10H,5H2,1-2H3. The molecule has 0 aliphatic carbocycles. The molecule has 15 heavy (non-hydrogen) atoms. The lowest BCUT2D eigenvalue weighted by atomic mass is 10.5. The maximum absolute atomic E-state index is 11.8. The normalized spacial score (nSPS) is 14.1. The topological polar surface area (TPSA) is 46.2 Å². The Labute approximate surface area is 107 Å². The summed E-state index contributed by atoms with van der Waals surface area (Å²) in [4.78, 5) is 0. The van der Waals surface area contributed by atoms with Crippen LogP contribution in [0.3, 0.4) is 0 Å². The van der Waals surface area contributed by atoms with Crippen LogP contribution in [0.1, 0.15) is 6.92 Å². The largest absolute Gasteiger partial charge is 0.251 e. The van der Waals surface area contributed by atoms with Crippen molar-refractivity contribution in [3.05, 3.63) is 15.9 Å². The molecule has 1 aromatic rings. The molecule has 0 aliphatic rings. The van der Waals surface area contributed by atoms with Gasteiger partial charge in [0.2, 0.25) is 0 Å². The summed E-state index contributed by atoms with van der Waals surface area (Å²) in [5.41, 5.74) is 0.